The van der Waals surface area contributed by atoms with Crippen molar-refractivity contribution in [1.82, 2.24) is 0 Å². The Hall–Kier alpha value is -1.35. The van der Waals surface area contributed by atoms with E-state index in [4.69, 9.17) is 10.9 Å². The molecule has 0 fully saturated rings. The largest absolute Gasteiger partial charge is 0.392 e. The fourth-order valence-corrected chi connectivity index (χ4v) is 1.86. The average Bonchev–Trinajstić information content (AvgIpc) is 2.60. The van der Waals surface area contributed by atoms with Crippen LogP contribution in [0.15, 0.2) is 23.3 Å². The number of hydrogen-bond acceptors (Lipinski definition) is 3. The maximum absolute atomic E-state index is 9.09. The third-order valence-corrected chi connectivity index (χ3v) is 2.52. The molecule has 0 saturated carbocycles. The monoisotopic (exact) mass is 176 g/mol. The van der Waals surface area contributed by atoms with Crippen LogP contribution in [0.25, 0.3) is 0 Å². The van der Waals surface area contributed by atoms with E-state index in [0.717, 1.165) is 29.7 Å². The van der Waals surface area contributed by atoms with E-state index in [1.54, 1.807) is 0 Å². The standard InChI is InChI=1S/C10H12N2O/c11-12-10-5-4-8-7(6-13)2-1-3-9(8)10/h1-3,13H,4-6,11H2. The van der Waals surface area contributed by atoms with Crippen LogP contribution in [-0.4, -0.2) is 10.8 Å². The number of fused-ring (bicyclic) bond motifs is 1. The summed E-state index contributed by atoms with van der Waals surface area (Å²) in [4.78, 5) is 0. The molecule has 0 bridgehead atoms. The first kappa shape index (κ1) is 8.26. The molecule has 2 rings (SSSR count). The topological polar surface area (TPSA) is 58.6 Å². The van der Waals surface area contributed by atoms with Gasteiger partial charge < -0.3 is 10.9 Å². The number of nitrogens with two attached hydrogens (primary N) is 1. The summed E-state index contributed by atoms with van der Waals surface area (Å²) >= 11 is 0. The quantitative estimate of drug-likeness (QED) is 0.491. The normalized spacial score (nSPS) is 17.8. The van der Waals surface area contributed by atoms with Crippen LogP contribution in [0.2, 0.25) is 0 Å². The smallest absolute Gasteiger partial charge is 0.0684 e. The molecule has 13 heavy (non-hydrogen) atoms. The van der Waals surface area contributed by atoms with Crippen LogP contribution in [0, 0.1) is 0 Å². The van der Waals surface area contributed by atoms with Gasteiger partial charge in [-0.1, -0.05) is 18.2 Å². The van der Waals surface area contributed by atoms with Gasteiger partial charge in [0.1, 0.15) is 0 Å². The number of hydrazone groups is 1. The molecular weight excluding hydrogens is 164 g/mol. The molecule has 1 aliphatic rings. The van der Waals surface area contributed by atoms with E-state index in [9.17, 15) is 0 Å². The zero-order valence-electron chi connectivity index (χ0n) is 7.33. The van der Waals surface area contributed by atoms with E-state index < -0.39 is 0 Å². The Kier molecular flexibility index (Phi) is 2.02. The molecule has 0 atom stereocenters. The summed E-state index contributed by atoms with van der Waals surface area (Å²) in [5, 5.41) is 12.8. The van der Waals surface area contributed by atoms with Crippen LogP contribution in [0.4, 0.5) is 0 Å². The van der Waals surface area contributed by atoms with E-state index in [0.29, 0.717) is 0 Å². The molecule has 0 radical (unpaired) electrons. The van der Waals surface area contributed by atoms with Crippen LogP contribution in [0.5, 0.6) is 0 Å². The van der Waals surface area contributed by atoms with Gasteiger partial charge in [-0.2, -0.15) is 5.10 Å². The summed E-state index contributed by atoms with van der Waals surface area (Å²) in [7, 11) is 0. The summed E-state index contributed by atoms with van der Waals surface area (Å²) in [6, 6.07) is 5.88. The molecular formula is C10H12N2O. The fourth-order valence-electron chi connectivity index (χ4n) is 1.86. The maximum atomic E-state index is 9.09. The molecule has 0 aromatic heterocycles. The van der Waals surface area contributed by atoms with Crippen molar-refractivity contribution < 1.29 is 5.11 Å². The van der Waals surface area contributed by atoms with E-state index in [2.05, 4.69) is 5.10 Å². The Morgan fingerprint density at radius 1 is 1.38 bits per heavy atom. The predicted molar refractivity (Wildman–Crippen MR) is 51.4 cm³/mol. The maximum Gasteiger partial charge on any atom is 0.0684 e. The highest BCUT2D eigenvalue weighted by Gasteiger charge is 2.19. The summed E-state index contributed by atoms with van der Waals surface area (Å²) in [5.41, 5.74) is 4.25. The lowest BCUT2D eigenvalue weighted by Gasteiger charge is -2.03. The number of aliphatic hydroxyl groups excluding tert-OH is 1. The molecule has 0 spiro atoms. The predicted octanol–water partition coefficient (Wildman–Crippen LogP) is 0.788. The van der Waals surface area contributed by atoms with Crippen molar-refractivity contribution in [3.63, 3.8) is 0 Å². The van der Waals surface area contributed by atoms with E-state index in [1.807, 2.05) is 18.2 Å². The van der Waals surface area contributed by atoms with Crippen LogP contribution in [0.3, 0.4) is 0 Å². The number of benzene rings is 1. The van der Waals surface area contributed by atoms with Crippen LogP contribution in [0.1, 0.15) is 23.1 Å². The van der Waals surface area contributed by atoms with Gasteiger partial charge in [-0.15, -0.1) is 0 Å². The number of hydrogen-bond donors (Lipinski definition) is 2. The first-order valence-corrected chi connectivity index (χ1v) is 4.35. The van der Waals surface area contributed by atoms with Crippen molar-refractivity contribution in [2.45, 2.75) is 19.4 Å². The number of nitrogens with zero attached hydrogens (tertiary/aromatic N) is 1. The summed E-state index contributed by atoms with van der Waals surface area (Å²) in [5.74, 6) is 5.27. The molecule has 0 unspecified atom stereocenters. The van der Waals surface area contributed by atoms with Gasteiger partial charge in [0.2, 0.25) is 0 Å². The SMILES string of the molecule is NN=C1CCc2c(CO)cccc21. The first-order valence-electron chi connectivity index (χ1n) is 4.35. The fraction of sp³-hybridized carbons (Fsp3) is 0.300. The molecule has 1 aliphatic carbocycles. The highest BCUT2D eigenvalue weighted by molar-refractivity contribution is 6.04. The zero-order valence-corrected chi connectivity index (χ0v) is 7.33. The van der Waals surface area contributed by atoms with Gasteiger partial charge in [-0.25, -0.2) is 0 Å². The lowest BCUT2D eigenvalue weighted by Crippen LogP contribution is -1.99. The highest BCUT2D eigenvalue weighted by atomic mass is 16.3. The molecule has 0 amide bonds. The number of aliphatic hydroxyl groups is 1. The van der Waals surface area contributed by atoms with Crippen LogP contribution >= 0.6 is 0 Å². The molecule has 68 valence electrons. The minimum absolute atomic E-state index is 0.0982. The Bertz CT molecular complexity index is 358. The van der Waals surface area contributed by atoms with Crippen molar-refractivity contribution in [3.05, 3.63) is 34.9 Å². The van der Waals surface area contributed by atoms with Crippen molar-refractivity contribution in [2.24, 2.45) is 10.9 Å². The average molecular weight is 176 g/mol. The van der Waals surface area contributed by atoms with Gasteiger partial charge in [-0.05, 0) is 24.0 Å². The Labute approximate surface area is 76.9 Å². The molecule has 3 heteroatoms. The molecule has 1 aromatic rings. The van der Waals surface area contributed by atoms with Gasteiger partial charge in [0.05, 0.1) is 12.3 Å². The Morgan fingerprint density at radius 3 is 2.92 bits per heavy atom. The van der Waals surface area contributed by atoms with Crippen LogP contribution in [-0.2, 0) is 13.0 Å². The molecule has 0 aliphatic heterocycles. The molecule has 0 heterocycles. The molecule has 1 aromatic carbocycles. The highest BCUT2D eigenvalue weighted by Crippen LogP contribution is 2.25. The third kappa shape index (κ3) is 1.21. The van der Waals surface area contributed by atoms with Gasteiger partial charge in [-0.3, -0.25) is 0 Å². The van der Waals surface area contributed by atoms with Gasteiger partial charge >= 0.3 is 0 Å². The summed E-state index contributed by atoms with van der Waals surface area (Å²) in [6.45, 7) is 0.0982. The third-order valence-electron chi connectivity index (χ3n) is 2.52. The second-order valence-electron chi connectivity index (χ2n) is 3.18. The van der Waals surface area contributed by atoms with Crippen molar-refractivity contribution in [2.75, 3.05) is 0 Å². The molecule has 3 nitrogen and oxygen atoms in total. The number of rotatable bonds is 1. The lowest BCUT2D eigenvalue weighted by atomic mass is 10.0. The van der Waals surface area contributed by atoms with Gasteiger partial charge in [0, 0.05) is 5.56 Å². The van der Waals surface area contributed by atoms with Gasteiger partial charge in [0.15, 0.2) is 0 Å². The Morgan fingerprint density at radius 2 is 2.23 bits per heavy atom. The minimum Gasteiger partial charge on any atom is -0.392 e. The lowest BCUT2D eigenvalue weighted by molar-refractivity contribution is 0.280. The van der Waals surface area contributed by atoms with Crippen LogP contribution < -0.4 is 5.84 Å². The summed E-state index contributed by atoms with van der Waals surface area (Å²) < 4.78 is 0. The van der Waals surface area contributed by atoms with Crippen molar-refractivity contribution >= 4 is 5.71 Å². The first-order chi connectivity index (χ1) is 6.36. The zero-order chi connectivity index (χ0) is 9.26. The van der Waals surface area contributed by atoms with E-state index in [-0.39, 0.29) is 6.61 Å². The van der Waals surface area contributed by atoms with E-state index >= 15 is 0 Å². The second-order valence-corrected chi connectivity index (χ2v) is 3.18. The van der Waals surface area contributed by atoms with E-state index in [1.165, 1.54) is 5.56 Å². The molecule has 0 saturated heterocycles. The molecule has 3 N–H and O–H groups in total. The van der Waals surface area contributed by atoms with Crippen molar-refractivity contribution in [1.29, 1.82) is 0 Å². The van der Waals surface area contributed by atoms with Gasteiger partial charge in [0.25, 0.3) is 0 Å². The van der Waals surface area contributed by atoms with Crippen molar-refractivity contribution in [3.8, 4) is 0 Å². The summed E-state index contributed by atoms with van der Waals surface area (Å²) in [6.07, 6.45) is 1.84. The second kappa shape index (κ2) is 3.18. The Balaban J connectivity index is 2.55. The minimum atomic E-state index is 0.0982.